The smallest absolute Gasteiger partial charge is 0.0568 e. The highest BCUT2D eigenvalue weighted by Crippen LogP contribution is 2.40. The standard InChI is InChI=1S/C9H16O/c10-9-3-1-2-8(9)6-7-4-5-7/h7-10H,1-6H2/t8-,9+/m0/s1. The summed E-state index contributed by atoms with van der Waals surface area (Å²) < 4.78 is 0. The number of aliphatic hydroxyl groups excluding tert-OH is 1. The summed E-state index contributed by atoms with van der Waals surface area (Å²) in [5, 5.41) is 9.47. The van der Waals surface area contributed by atoms with Gasteiger partial charge in [0.1, 0.15) is 0 Å². The molecule has 0 aromatic rings. The molecule has 0 unspecified atom stereocenters. The van der Waals surface area contributed by atoms with E-state index in [1.807, 2.05) is 0 Å². The molecule has 2 aliphatic carbocycles. The van der Waals surface area contributed by atoms with E-state index in [-0.39, 0.29) is 6.10 Å². The van der Waals surface area contributed by atoms with Crippen LogP contribution in [0.25, 0.3) is 0 Å². The highest BCUT2D eigenvalue weighted by Gasteiger charge is 2.31. The Labute approximate surface area is 62.4 Å². The summed E-state index contributed by atoms with van der Waals surface area (Å²) >= 11 is 0. The van der Waals surface area contributed by atoms with Gasteiger partial charge in [-0.3, -0.25) is 0 Å². The maximum absolute atomic E-state index is 9.47. The average molecular weight is 140 g/mol. The molecule has 2 rings (SSSR count). The molecule has 0 aliphatic heterocycles. The van der Waals surface area contributed by atoms with E-state index in [0.717, 1.165) is 12.3 Å². The fourth-order valence-electron chi connectivity index (χ4n) is 2.07. The Bertz CT molecular complexity index is 118. The van der Waals surface area contributed by atoms with Crippen LogP contribution in [0, 0.1) is 11.8 Å². The van der Waals surface area contributed by atoms with Crippen LogP contribution < -0.4 is 0 Å². The minimum Gasteiger partial charge on any atom is -0.393 e. The van der Waals surface area contributed by atoms with Crippen LogP contribution in [-0.4, -0.2) is 11.2 Å². The predicted octanol–water partition coefficient (Wildman–Crippen LogP) is 1.95. The van der Waals surface area contributed by atoms with E-state index in [1.54, 1.807) is 0 Å². The van der Waals surface area contributed by atoms with Gasteiger partial charge in [0.25, 0.3) is 0 Å². The Kier molecular flexibility index (Phi) is 1.69. The monoisotopic (exact) mass is 140 g/mol. The van der Waals surface area contributed by atoms with Crippen molar-refractivity contribution in [3.05, 3.63) is 0 Å². The van der Waals surface area contributed by atoms with Crippen molar-refractivity contribution in [2.45, 2.75) is 44.6 Å². The lowest BCUT2D eigenvalue weighted by Gasteiger charge is -2.12. The van der Waals surface area contributed by atoms with Crippen molar-refractivity contribution in [2.24, 2.45) is 11.8 Å². The normalized spacial score (nSPS) is 40.5. The summed E-state index contributed by atoms with van der Waals surface area (Å²) in [4.78, 5) is 0. The van der Waals surface area contributed by atoms with Crippen LogP contribution in [0.3, 0.4) is 0 Å². The quantitative estimate of drug-likeness (QED) is 0.621. The molecule has 0 radical (unpaired) electrons. The van der Waals surface area contributed by atoms with Crippen LogP contribution in [0.2, 0.25) is 0 Å². The van der Waals surface area contributed by atoms with Crippen molar-refractivity contribution in [3.63, 3.8) is 0 Å². The third-order valence-corrected chi connectivity index (χ3v) is 2.95. The second-order valence-corrected chi connectivity index (χ2v) is 3.94. The molecule has 2 fully saturated rings. The average Bonchev–Trinajstić information content (AvgIpc) is 2.62. The van der Waals surface area contributed by atoms with Gasteiger partial charge in [-0.15, -0.1) is 0 Å². The number of hydrogen-bond acceptors (Lipinski definition) is 1. The van der Waals surface area contributed by atoms with Gasteiger partial charge in [-0.25, -0.2) is 0 Å². The largest absolute Gasteiger partial charge is 0.393 e. The molecule has 0 aromatic heterocycles. The van der Waals surface area contributed by atoms with Crippen molar-refractivity contribution in [3.8, 4) is 0 Å². The van der Waals surface area contributed by atoms with E-state index >= 15 is 0 Å². The van der Waals surface area contributed by atoms with Crippen LogP contribution in [0.5, 0.6) is 0 Å². The molecule has 1 N–H and O–H groups in total. The zero-order valence-electron chi connectivity index (χ0n) is 6.42. The van der Waals surface area contributed by atoms with Crippen molar-refractivity contribution < 1.29 is 5.11 Å². The van der Waals surface area contributed by atoms with Crippen molar-refractivity contribution in [1.29, 1.82) is 0 Å². The zero-order chi connectivity index (χ0) is 6.97. The van der Waals surface area contributed by atoms with Crippen molar-refractivity contribution in [1.82, 2.24) is 0 Å². The Morgan fingerprint density at radius 1 is 1.10 bits per heavy atom. The Hall–Kier alpha value is -0.0400. The van der Waals surface area contributed by atoms with E-state index in [2.05, 4.69) is 0 Å². The third kappa shape index (κ3) is 1.34. The first-order chi connectivity index (χ1) is 4.86. The first kappa shape index (κ1) is 6.66. The SMILES string of the molecule is O[C@@H]1CCC[C@H]1CC1CC1. The summed E-state index contributed by atoms with van der Waals surface area (Å²) in [6, 6.07) is 0. The van der Waals surface area contributed by atoms with E-state index in [9.17, 15) is 5.11 Å². The Morgan fingerprint density at radius 3 is 2.40 bits per heavy atom. The van der Waals surface area contributed by atoms with E-state index in [4.69, 9.17) is 0 Å². The molecule has 2 aliphatic rings. The molecule has 10 heavy (non-hydrogen) atoms. The summed E-state index contributed by atoms with van der Waals surface area (Å²) in [6.45, 7) is 0. The molecule has 2 atom stereocenters. The molecule has 2 saturated carbocycles. The molecule has 0 spiro atoms. The Morgan fingerprint density at radius 2 is 1.90 bits per heavy atom. The lowest BCUT2D eigenvalue weighted by atomic mass is 9.99. The molecule has 0 amide bonds. The van der Waals surface area contributed by atoms with Gasteiger partial charge in [-0.1, -0.05) is 19.3 Å². The van der Waals surface area contributed by atoms with Crippen LogP contribution in [0.15, 0.2) is 0 Å². The lowest BCUT2D eigenvalue weighted by molar-refractivity contribution is 0.125. The van der Waals surface area contributed by atoms with Crippen LogP contribution >= 0.6 is 0 Å². The third-order valence-electron chi connectivity index (χ3n) is 2.95. The lowest BCUT2D eigenvalue weighted by Crippen LogP contribution is -2.13. The minimum atomic E-state index is 0.0561. The first-order valence-electron chi connectivity index (χ1n) is 4.54. The molecule has 1 heteroatoms. The van der Waals surface area contributed by atoms with Gasteiger partial charge >= 0.3 is 0 Å². The molecule has 1 nitrogen and oxygen atoms in total. The maximum atomic E-state index is 9.47. The molecule has 0 aromatic carbocycles. The molecular weight excluding hydrogens is 124 g/mol. The topological polar surface area (TPSA) is 20.2 Å². The summed E-state index contributed by atoms with van der Waals surface area (Å²) in [5.74, 6) is 1.67. The van der Waals surface area contributed by atoms with Gasteiger partial charge in [0.05, 0.1) is 6.10 Å². The first-order valence-corrected chi connectivity index (χ1v) is 4.54. The number of hydrogen-bond donors (Lipinski definition) is 1. The van der Waals surface area contributed by atoms with Gasteiger partial charge in [0.2, 0.25) is 0 Å². The summed E-state index contributed by atoms with van der Waals surface area (Å²) in [6.07, 6.45) is 7.86. The highest BCUT2D eigenvalue weighted by atomic mass is 16.3. The Balaban J connectivity index is 1.79. The molecule has 0 bridgehead atoms. The number of rotatable bonds is 2. The van der Waals surface area contributed by atoms with E-state index in [1.165, 1.54) is 32.1 Å². The van der Waals surface area contributed by atoms with E-state index in [0.29, 0.717) is 5.92 Å². The zero-order valence-corrected chi connectivity index (χ0v) is 6.42. The second kappa shape index (κ2) is 2.54. The van der Waals surface area contributed by atoms with Gasteiger partial charge in [-0.2, -0.15) is 0 Å². The molecule has 58 valence electrons. The van der Waals surface area contributed by atoms with Crippen LogP contribution in [0.4, 0.5) is 0 Å². The minimum absolute atomic E-state index is 0.0561. The van der Waals surface area contributed by atoms with Crippen LogP contribution in [-0.2, 0) is 0 Å². The molecule has 0 heterocycles. The van der Waals surface area contributed by atoms with Crippen molar-refractivity contribution in [2.75, 3.05) is 0 Å². The van der Waals surface area contributed by atoms with Gasteiger partial charge < -0.3 is 5.11 Å². The van der Waals surface area contributed by atoms with Gasteiger partial charge in [0, 0.05) is 0 Å². The fourth-order valence-corrected chi connectivity index (χ4v) is 2.07. The number of aliphatic hydroxyl groups is 1. The molecule has 0 saturated heterocycles. The fraction of sp³-hybridized carbons (Fsp3) is 1.00. The predicted molar refractivity (Wildman–Crippen MR) is 40.7 cm³/mol. The van der Waals surface area contributed by atoms with Crippen molar-refractivity contribution >= 4 is 0 Å². The second-order valence-electron chi connectivity index (χ2n) is 3.94. The van der Waals surface area contributed by atoms with Gasteiger partial charge in [0.15, 0.2) is 0 Å². The van der Waals surface area contributed by atoms with Crippen LogP contribution in [0.1, 0.15) is 38.5 Å². The highest BCUT2D eigenvalue weighted by molar-refractivity contribution is 4.83. The summed E-state index contributed by atoms with van der Waals surface area (Å²) in [7, 11) is 0. The van der Waals surface area contributed by atoms with Gasteiger partial charge in [-0.05, 0) is 31.1 Å². The maximum Gasteiger partial charge on any atom is 0.0568 e. The summed E-state index contributed by atoms with van der Waals surface area (Å²) in [5.41, 5.74) is 0. The molecular formula is C9H16O. The van der Waals surface area contributed by atoms with E-state index < -0.39 is 0 Å².